The monoisotopic (exact) mass is 295 g/mol. The van der Waals surface area contributed by atoms with Gasteiger partial charge in [0.05, 0.1) is 4.90 Å². The van der Waals surface area contributed by atoms with Crippen LogP contribution in [-0.2, 0) is 16.4 Å². The minimum Gasteiger partial charge on any atom is -0.384 e. The Morgan fingerprint density at radius 2 is 2.25 bits per heavy atom. The molecule has 1 atom stereocenters. The zero-order valence-electron chi connectivity index (χ0n) is 11.7. The van der Waals surface area contributed by atoms with E-state index in [9.17, 15) is 8.42 Å². The summed E-state index contributed by atoms with van der Waals surface area (Å²) >= 11 is 0. The van der Waals surface area contributed by atoms with Crippen molar-refractivity contribution in [2.24, 2.45) is 0 Å². The third-order valence-electron chi connectivity index (χ3n) is 4.04. The van der Waals surface area contributed by atoms with E-state index in [2.05, 4.69) is 14.9 Å². The smallest absolute Gasteiger partial charge is 0.240 e. The molecule has 2 heterocycles. The number of hydrogen-bond acceptors (Lipinski definition) is 4. The summed E-state index contributed by atoms with van der Waals surface area (Å²) in [6.07, 6.45) is 2.85. The molecular formula is C14H21N3O2S. The fourth-order valence-corrected chi connectivity index (χ4v) is 4.31. The van der Waals surface area contributed by atoms with Gasteiger partial charge in [-0.15, -0.1) is 0 Å². The van der Waals surface area contributed by atoms with Crippen molar-refractivity contribution in [2.45, 2.75) is 30.2 Å². The van der Waals surface area contributed by atoms with Crippen LogP contribution in [-0.4, -0.2) is 46.0 Å². The zero-order chi connectivity index (χ0) is 14.2. The number of benzene rings is 1. The molecule has 1 aromatic carbocycles. The fraction of sp³-hybridized carbons (Fsp3) is 0.571. The lowest BCUT2D eigenvalue weighted by molar-refractivity contribution is 0.242. The number of nitrogens with zero attached hydrogens (tertiary/aromatic N) is 1. The highest BCUT2D eigenvalue weighted by Crippen LogP contribution is 2.25. The van der Waals surface area contributed by atoms with E-state index < -0.39 is 10.0 Å². The Balaban J connectivity index is 1.77. The van der Waals surface area contributed by atoms with E-state index in [4.69, 9.17) is 0 Å². The Kier molecular flexibility index (Phi) is 3.70. The topological polar surface area (TPSA) is 61.4 Å². The summed E-state index contributed by atoms with van der Waals surface area (Å²) in [5, 5.41) is 3.24. The standard InChI is InChI=1S/C14H21N3O2S/c1-17-8-2-3-12(10-17)16-20(18,19)13-4-5-14-11(9-13)6-7-15-14/h4-5,9,12,15-16H,2-3,6-8,10H2,1H3. The second-order valence-corrected chi connectivity index (χ2v) is 7.43. The molecule has 2 aliphatic rings. The Morgan fingerprint density at radius 3 is 3.05 bits per heavy atom. The van der Waals surface area contributed by atoms with Crippen LogP contribution in [0.2, 0.25) is 0 Å². The molecule has 0 bridgehead atoms. The summed E-state index contributed by atoms with van der Waals surface area (Å²) in [6.45, 7) is 2.72. The van der Waals surface area contributed by atoms with Gasteiger partial charge in [0.15, 0.2) is 0 Å². The van der Waals surface area contributed by atoms with Crippen molar-refractivity contribution in [3.05, 3.63) is 23.8 Å². The number of likely N-dealkylation sites (N-methyl/N-ethyl adjacent to an activating group) is 1. The number of rotatable bonds is 3. The maximum Gasteiger partial charge on any atom is 0.240 e. The Bertz CT molecular complexity index is 600. The van der Waals surface area contributed by atoms with E-state index >= 15 is 0 Å². The molecule has 5 nitrogen and oxygen atoms in total. The van der Waals surface area contributed by atoms with Crippen LogP contribution < -0.4 is 10.0 Å². The molecule has 1 saturated heterocycles. The van der Waals surface area contributed by atoms with Gasteiger partial charge in [0, 0.05) is 24.8 Å². The largest absolute Gasteiger partial charge is 0.384 e. The molecule has 0 aromatic heterocycles. The SMILES string of the molecule is CN1CCCC(NS(=O)(=O)c2ccc3c(c2)CCN3)C1. The first-order valence-electron chi connectivity index (χ1n) is 7.12. The Morgan fingerprint density at radius 1 is 1.40 bits per heavy atom. The lowest BCUT2D eigenvalue weighted by Crippen LogP contribution is -2.46. The summed E-state index contributed by atoms with van der Waals surface area (Å²) < 4.78 is 27.8. The second-order valence-electron chi connectivity index (χ2n) is 5.72. The van der Waals surface area contributed by atoms with Crippen molar-refractivity contribution >= 4 is 15.7 Å². The molecule has 2 aliphatic heterocycles. The highest BCUT2D eigenvalue weighted by molar-refractivity contribution is 7.89. The van der Waals surface area contributed by atoms with Gasteiger partial charge >= 0.3 is 0 Å². The van der Waals surface area contributed by atoms with Gasteiger partial charge < -0.3 is 10.2 Å². The van der Waals surface area contributed by atoms with Crippen LogP contribution in [0.5, 0.6) is 0 Å². The molecule has 6 heteroatoms. The summed E-state index contributed by atoms with van der Waals surface area (Å²) in [6, 6.07) is 5.37. The molecule has 1 unspecified atom stereocenters. The molecule has 2 N–H and O–H groups in total. The third kappa shape index (κ3) is 2.82. The van der Waals surface area contributed by atoms with E-state index in [1.165, 1.54) is 0 Å². The van der Waals surface area contributed by atoms with E-state index in [-0.39, 0.29) is 6.04 Å². The maximum atomic E-state index is 12.5. The lowest BCUT2D eigenvalue weighted by Gasteiger charge is -2.30. The van der Waals surface area contributed by atoms with Crippen molar-refractivity contribution in [3.63, 3.8) is 0 Å². The molecular weight excluding hydrogens is 274 g/mol. The van der Waals surface area contributed by atoms with Crippen molar-refractivity contribution in [3.8, 4) is 0 Å². The fourth-order valence-electron chi connectivity index (χ4n) is 3.00. The first-order chi connectivity index (χ1) is 9.54. The molecule has 0 aliphatic carbocycles. The van der Waals surface area contributed by atoms with Gasteiger partial charge in [-0.1, -0.05) is 0 Å². The first kappa shape index (κ1) is 13.9. The van der Waals surface area contributed by atoms with E-state index in [1.54, 1.807) is 12.1 Å². The van der Waals surface area contributed by atoms with E-state index in [1.807, 2.05) is 13.1 Å². The van der Waals surface area contributed by atoms with Crippen molar-refractivity contribution in [2.75, 3.05) is 32.0 Å². The van der Waals surface area contributed by atoms with Crippen LogP contribution in [0.3, 0.4) is 0 Å². The summed E-state index contributed by atoms with van der Waals surface area (Å²) in [7, 11) is -1.38. The number of fused-ring (bicyclic) bond motifs is 1. The molecule has 110 valence electrons. The molecule has 3 rings (SSSR count). The number of nitrogens with one attached hydrogen (secondary N) is 2. The van der Waals surface area contributed by atoms with E-state index in [0.29, 0.717) is 4.90 Å². The predicted octanol–water partition coefficient (Wildman–Crippen LogP) is 1.03. The van der Waals surface area contributed by atoms with Crippen LogP contribution in [0.25, 0.3) is 0 Å². The van der Waals surface area contributed by atoms with Crippen LogP contribution in [0.1, 0.15) is 18.4 Å². The molecule has 0 amide bonds. The van der Waals surface area contributed by atoms with Crippen LogP contribution >= 0.6 is 0 Å². The predicted molar refractivity (Wildman–Crippen MR) is 79.5 cm³/mol. The number of sulfonamides is 1. The molecule has 0 saturated carbocycles. The molecule has 1 fully saturated rings. The number of hydrogen-bond donors (Lipinski definition) is 2. The molecule has 0 radical (unpaired) electrons. The van der Waals surface area contributed by atoms with Crippen LogP contribution in [0.15, 0.2) is 23.1 Å². The van der Waals surface area contributed by atoms with Gasteiger partial charge in [-0.2, -0.15) is 0 Å². The first-order valence-corrected chi connectivity index (χ1v) is 8.60. The quantitative estimate of drug-likeness (QED) is 0.874. The van der Waals surface area contributed by atoms with Gasteiger partial charge in [-0.3, -0.25) is 0 Å². The van der Waals surface area contributed by atoms with Gasteiger partial charge in [-0.25, -0.2) is 13.1 Å². The maximum absolute atomic E-state index is 12.5. The van der Waals surface area contributed by atoms with Crippen molar-refractivity contribution in [1.29, 1.82) is 0 Å². The van der Waals surface area contributed by atoms with Gasteiger partial charge in [0.1, 0.15) is 0 Å². The molecule has 20 heavy (non-hydrogen) atoms. The average molecular weight is 295 g/mol. The highest BCUT2D eigenvalue weighted by Gasteiger charge is 2.24. The van der Waals surface area contributed by atoms with Gasteiger partial charge in [-0.05, 0) is 56.6 Å². The summed E-state index contributed by atoms with van der Waals surface area (Å²) in [5.74, 6) is 0. The number of anilines is 1. The lowest BCUT2D eigenvalue weighted by atomic mass is 10.1. The summed E-state index contributed by atoms with van der Waals surface area (Å²) in [4.78, 5) is 2.55. The van der Waals surface area contributed by atoms with Crippen LogP contribution in [0.4, 0.5) is 5.69 Å². The number of likely N-dealkylation sites (tertiary alicyclic amines) is 1. The number of piperidine rings is 1. The average Bonchev–Trinajstić information content (AvgIpc) is 2.85. The minimum atomic E-state index is -3.41. The molecule has 1 aromatic rings. The van der Waals surface area contributed by atoms with Gasteiger partial charge in [0.2, 0.25) is 10.0 Å². The zero-order valence-corrected chi connectivity index (χ0v) is 12.5. The Hall–Kier alpha value is -1.11. The van der Waals surface area contributed by atoms with Crippen LogP contribution in [0, 0.1) is 0 Å². The highest BCUT2D eigenvalue weighted by atomic mass is 32.2. The van der Waals surface area contributed by atoms with Gasteiger partial charge in [0.25, 0.3) is 0 Å². The molecule has 0 spiro atoms. The minimum absolute atomic E-state index is 0.0186. The van der Waals surface area contributed by atoms with Crippen molar-refractivity contribution in [1.82, 2.24) is 9.62 Å². The van der Waals surface area contributed by atoms with Crippen molar-refractivity contribution < 1.29 is 8.42 Å². The Labute approximate surface area is 120 Å². The summed E-state index contributed by atoms with van der Waals surface area (Å²) in [5.41, 5.74) is 2.15. The van der Waals surface area contributed by atoms with E-state index in [0.717, 1.165) is 50.1 Å². The normalized spacial score (nSPS) is 23.4. The second kappa shape index (κ2) is 5.35. The third-order valence-corrected chi connectivity index (χ3v) is 5.56.